The predicted octanol–water partition coefficient (Wildman–Crippen LogP) is 4.56. The van der Waals surface area contributed by atoms with Crippen molar-refractivity contribution in [3.63, 3.8) is 0 Å². The van der Waals surface area contributed by atoms with Gasteiger partial charge in [0.05, 0.1) is 20.8 Å². The number of nitrogens with two attached hydrogens (primary N) is 1. The first-order valence-corrected chi connectivity index (χ1v) is 8.42. The van der Waals surface area contributed by atoms with Crippen LogP contribution in [0.25, 0.3) is 0 Å². The van der Waals surface area contributed by atoms with Crippen LogP contribution in [0.4, 0.5) is 5.69 Å². The molecule has 0 bridgehead atoms. The van der Waals surface area contributed by atoms with E-state index in [0.717, 1.165) is 5.56 Å². The molecule has 0 heterocycles. The van der Waals surface area contributed by atoms with Crippen LogP contribution in [-0.4, -0.2) is 12.5 Å². The Morgan fingerprint density at radius 3 is 2.35 bits per heavy atom. The molecule has 0 radical (unpaired) electrons. The summed E-state index contributed by atoms with van der Waals surface area (Å²) in [6.45, 7) is 2.17. The third-order valence-corrected chi connectivity index (χ3v) is 4.53. The third kappa shape index (κ3) is 5.00. The van der Waals surface area contributed by atoms with Gasteiger partial charge in [0.2, 0.25) is 0 Å². The van der Waals surface area contributed by atoms with Crippen LogP contribution in [0.5, 0.6) is 0 Å². The number of hydrogen-bond acceptors (Lipinski definition) is 1. The molecule has 1 amide bonds. The summed E-state index contributed by atoms with van der Waals surface area (Å²) in [5.41, 5.74) is 1.34. The lowest BCUT2D eigenvalue weighted by atomic mass is 10.1. The molecule has 23 heavy (non-hydrogen) atoms. The molecule has 0 spiro atoms. The maximum atomic E-state index is 12.1. The summed E-state index contributed by atoms with van der Waals surface area (Å²) in [4.78, 5) is 12.1. The molecule has 1 atom stereocenters. The topological polar surface area (TPSA) is 45.7 Å². The minimum Gasteiger partial charge on any atom is -0.332 e. The molecule has 0 aromatic heterocycles. The molecule has 122 valence electrons. The minimum absolute atomic E-state index is 0.00670. The van der Waals surface area contributed by atoms with E-state index in [-0.39, 0.29) is 18.5 Å². The standard InChI is InChI=1S/C16H14Cl4N2O/c1-9(11-6-5-10(17)7-14(11)20)21-8-15(23)22-16-12(18)3-2-4-13(16)19/h2-7,9,21H,8H2,1H3,(H,22,23)/p+1/t9-/m1/s1. The van der Waals surface area contributed by atoms with Crippen LogP contribution in [-0.2, 0) is 4.79 Å². The summed E-state index contributed by atoms with van der Waals surface area (Å²) in [5, 5.41) is 6.56. The van der Waals surface area contributed by atoms with Crippen LogP contribution in [0, 0.1) is 0 Å². The molecule has 0 aliphatic heterocycles. The Hall–Kier alpha value is -0.970. The first-order valence-electron chi connectivity index (χ1n) is 6.90. The van der Waals surface area contributed by atoms with Crippen LogP contribution < -0.4 is 10.6 Å². The quantitative estimate of drug-likeness (QED) is 0.769. The highest BCUT2D eigenvalue weighted by molar-refractivity contribution is 6.39. The molecule has 0 saturated heterocycles. The minimum atomic E-state index is -0.197. The second-order valence-corrected chi connectivity index (χ2v) is 6.70. The number of carbonyl (C=O) groups is 1. The molecule has 2 aromatic rings. The van der Waals surface area contributed by atoms with Gasteiger partial charge in [-0.2, -0.15) is 0 Å². The number of rotatable bonds is 5. The van der Waals surface area contributed by atoms with Gasteiger partial charge >= 0.3 is 0 Å². The van der Waals surface area contributed by atoms with Crippen LogP contribution in [0.15, 0.2) is 36.4 Å². The van der Waals surface area contributed by atoms with Gasteiger partial charge in [-0.05, 0) is 31.2 Å². The van der Waals surface area contributed by atoms with Gasteiger partial charge in [0.25, 0.3) is 5.91 Å². The Balaban J connectivity index is 1.96. The molecule has 0 aliphatic carbocycles. The maximum Gasteiger partial charge on any atom is 0.279 e. The number of nitrogens with one attached hydrogen (secondary N) is 1. The summed E-state index contributed by atoms with van der Waals surface area (Å²) >= 11 is 24.1. The summed E-state index contributed by atoms with van der Waals surface area (Å²) in [7, 11) is 0. The fourth-order valence-corrected chi connectivity index (χ4v) is 3.16. The molecule has 2 aromatic carbocycles. The fraction of sp³-hybridized carbons (Fsp3) is 0.188. The zero-order valence-electron chi connectivity index (χ0n) is 12.2. The van der Waals surface area contributed by atoms with Gasteiger partial charge in [-0.25, -0.2) is 0 Å². The Labute approximate surface area is 154 Å². The average Bonchev–Trinajstić information content (AvgIpc) is 2.49. The van der Waals surface area contributed by atoms with E-state index >= 15 is 0 Å². The van der Waals surface area contributed by atoms with Gasteiger partial charge in [-0.3, -0.25) is 4.79 Å². The van der Waals surface area contributed by atoms with Crippen molar-refractivity contribution in [1.82, 2.24) is 0 Å². The van der Waals surface area contributed by atoms with Crippen molar-refractivity contribution in [3.05, 3.63) is 62.1 Å². The van der Waals surface area contributed by atoms with Crippen molar-refractivity contribution < 1.29 is 10.1 Å². The molecule has 0 saturated carbocycles. The number of halogens is 4. The van der Waals surface area contributed by atoms with Crippen molar-refractivity contribution in [2.45, 2.75) is 13.0 Å². The number of hydrogen-bond donors (Lipinski definition) is 2. The Morgan fingerprint density at radius 2 is 1.74 bits per heavy atom. The molecule has 0 fully saturated rings. The normalized spacial score (nSPS) is 12.0. The Morgan fingerprint density at radius 1 is 1.09 bits per heavy atom. The van der Waals surface area contributed by atoms with Crippen molar-refractivity contribution in [3.8, 4) is 0 Å². The molecular formula is C16H15Cl4N2O+. The molecule has 3 nitrogen and oxygen atoms in total. The second-order valence-electron chi connectivity index (χ2n) is 5.04. The van der Waals surface area contributed by atoms with Gasteiger partial charge in [-0.1, -0.05) is 58.5 Å². The van der Waals surface area contributed by atoms with Crippen molar-refractivity contribution in [1.29, 1.82) is 0 Å². The van der Waals surface area contributed by atoms with Gasteiger partial charge in [0.15, 0.2) is 6.54 Å². The van der Waals surface area contributed by atoms with Crippen LogP contribution in [0.1, 0.15) is 18.5 Å². The van der Waals surface area contributed by atoms with Crippen molar-refractivity contribution in [2.24, 2.45) is 0 Å². The summed E-state index contributed by atoms with van der Waals surface area (Å²) in [5.74, 6) is -0.197. The SMILES string of the molecule is C[C@@H]([NH2+]CC(=O)Nc1c(Cl)cccc1Cl)c1ccc(Cl)cc1Cl. The highest BCUT2D eigenvalue weighted by Gasteiger charge is 2.16. The second kappa shape index (κ2) is 8.22. The van der Waals surface area contributed by atoms with E-state index in [0.29, 0.717) is 25.8 Å². The first-order chi connectivity index (χ1) is 10.9. The lowest BCUT2D eigenvalue weighted by molar-refractivity contribution is -0.682. The summed E-state index contributed by atoms with van der Waals surface area (Å²) in [6.07, 6.45) is 0. The monoisotopic (exact) mass is 391 g/mol. The van der Waals surface area contributed by atoms with E-state index in [4.69, 9.17) is 46.4 Å². The molecule has 0 aliphatic rings. The van der Waals surface area contributed by atoms with E-state index in [1.54, 1.807) is 30.3 Å². The summed E-state index contributed by atoms with van der Waals surface area (Å²) < 4.78 is 0. The Bertz CT molecular complexity index is 701. The van der Waals surface area contributed by atoms with Crippen LogP contribution in [0.2, 0.25) is 20.1 Å². The lowest BCUT2D eigenvalue weighted by Crippen LogP contribution is -2.86. The van der Waals surface area contributed by atoms with E-state index < -0.39 is 0 Å². The third-order valence-electron chi connectivity index (χ3n) is 3.34. The molecule has 3 N–H and O–H groups in total. The maximum absolute atomic E-state index is 12.1. The zero-order valence-corrected chi connectivity index (χ0v) is 15.3. The highest BCUT2D eigenvalue weighted by atomic mass is 35.5. The van der Waals surface area contributed by atoms with Gasteiger partial charge in [-0.15, -0.1) is 0 Å². The zero-order chi connectivity index (χ0) is 17.0. The van der Waals surface area contributed by atoms with E-state index in [9.17, 15) is 4.79 Å². The van der Waals surface area contributed by atoms with E-state index in [1.165, 1.54) is 0 Å². The largest absolute Gasteiger partial charge is 0.332 e. The van der Waals surface area contributed by atoms with E-state index in [2.05, 4.69) is 5.32 Å². The average molecular weight is 393 g/mol. The number of amides is 1. The highest BCUT2D eigenvalue weighted by Crippen LogP contribution is 2.29. The fourth-order valence-electron chi connectivity index (χ4n) is 2.09. The van der Waals surface area contributed by atoms with Gasteiger partial charge in [0, 0.05) is 10.6 Å². The van der Waals surface area contributed by atoms with E-state index in [1.807, 2.05) is 18.3 Å². The summed E-state index contributed by atoms with van der Waals surface area (Å²) in [6, 6.07) is 10.4. The smallest absolute Gasteiger partial charge is 0.279 e. The first kappa shape index (κ1) is 18.4. The van der Waals surface area contributed by atoms with Gasteiger partial charge < -0.3 is 10.6 Å². The number of carbonyl (C=O) groups excluding carboxylic acids is 1. The lowest BCUT2D eigenvalue weighted by Gasteiger charge is -2.13. The predicted molar refractivity (Wildman–Crippen MR) is 96.8 cm³/mol. The van der Waals surface area contributed by atoms with Crippen LogP contribution in [0.3, 0.4) is 0 Å². The molecule has 0 unspecified atom stereocenters. The number of para-hydroxylation sites is 1. The molecule has 7 heteroatoms. The van der Waals surface area contributed by atoms with Crippen molar-refractivity contribution in [2.75, 3.05) is 11.9 Å². The van der Waals surface area contributed by atoms with Crippen molar-refractivity contribution >= 4 is 58.0 Å². The molecular weight excluding hydrogens is 378 g/mol. The number of anilines is 1. The molecule has 2 rings (SSSR count). The van der Waals surface area contributed by atoms with Crippen LogP contribution >= 0.6 is 46.4 Å². The van der Waals surface area contributed by atoms with Gasteiger partial charge in [0.1, 0.15) is 6.04 Å². The Kier molecular flexibility index (Phi) is 6.57. The number of benzene rings is 2. The number of quaternary nitrogens is 1.